The standard InChI is InChI=1S/C14H14N2O5/c1-20-14(19)10-4-5-13(18)16(8-10)9-12(17)15-7-11-3-2-6-21-11/h2-6,8H,7,9H2,1H3,(H,15,17). The van der Waals surface area contributed by atoms with Gasteiger partial charge in [0.25, 0.3) is 5.56 Å². The zero-order valence-corrected chi connectivity index (χ0v) is 11.4. The number of hydrogen-bond donors (Lipinski definition) is 1. The molecule has 21 heavy (non-hydrogen) atoms. The lowest BCUT2D eigenvalue weighted by atomic mass is 10.3. The maximum atomic E-state index is 11.8. The molecule has 0 aliphatic carbocycles. The summed E-state index contributed by atoms with van der Waals surface area (Å²) in [4.78, 5) is 34.8. The fourth-order valence-corrected chi connectivity index (χ4v) is 1.70. The molecule has 0 atom stereocenters. The predicted molar refractivity (Wildman–Crippen MR) is 72.6 cm³/mol. The van der Waals surface area contributed by atoms with Crippen molar-refractivity contribution in [2.24, 2.45) is 0 Å². The number of carbonyl (C=O) groups is 2. The number of pyridine rings is 1. The molecule has 0 aliphatic heterocycles. The Balaban J connectivity index is 2.02. The van der Waals surface area contributed by atoms with Crippen LogP contribution in [0.1, 0.15) is 16.1 Å². The van der Waals surface area contributed by atoms with Crippen LogP contribution in [0, 0.1) is 0 Å². The maximum absolute atomic E-state index is 11.8. The molecule has 0 saturated heterocycles. The quantitative estimate of drug-likeness (QED) is 0.812. The van der Waals surface area contributed by atoms with E-state index < -0.39 is 5.97 Å². The highest BCUT2D eigenvalue weighted by Crippen LogP contribution is 2.00. The van der Waals surface area contributed by atoms with Gasteiger partial charge in [0, 0.05) is 12.3 Å². The van der Waals surface area contributed by atoms with Gasteiger partial charge in [0.05, 0.1) is 25.5 Å². The molecule has 2 aromatic heterocycles. The number of esters is 1. The van der Waals surface area contributed by atoms with E-state index in [1.807, 2.05) is 0 Å². The second kappa shape index (κ2) is 6.56. The topological polar surface area (TPSA) is 90.5 Å². The molecule has 7 heteroatoms. The van der Waals surface area contributed by atoms with Crippen LogP contribution in [0.15, 0.2) is 45.9 Å². The van der Waals surface area contributed by atoms with Crippen molar-refractivity contribution in [3.05, 3.63) is 58.4 Å². The molecule has 0 bridgehead atoms. The van der Waals surface area contributed by atoms with Crippen LogP contribution in [0.4, 0.5) is 0 Å². The highest BCUT2D eigenvalue weighted by molar-refractivity contribution is 5.88. The predicted octanol–water partition coefficient (Wildman–Crippen LogP) is 0.544. The van der Waals surface area contributed by atoms with Gasteiger partial charge in [0.15, 0.2) is 0 Å². The number of ether oxygens (including phenoxy) is 1. The molecule has 0 saturated carbocycles. The average Bonchev–Trinajstić information content (AvgIpc) is 3.00. The van der Waals surface area contributed by atoms with Crippen molar-refractivity contribution in [2.75, 3.05) is 7.11 Å². The largest absolute Gasteiger partial charge is 0.467 e. The summed E-state index contributed by atoms with van der Waals surface area (Å²) in [6, 6.07) is 6.01. The van der Waals surface area contributed by atoms with Crippen molar-refractivity contribution in [1.82, 2.24) is 9.88 Å². The Labute approximate surface area is 120 Å². The zero-order valence-electron chi connectivity index (χ0n) is 11.4. The number of hydrogen-bond acceptors (Lipinski definition) is 5. The number of nitrogens with one attached hydrogen (secondary N) is 1. The summed E-state index contributed by atoms with van der Waals surface area (Å²) in [6.07, 6.45) is 2.80. The molecule has 110 valence electrons. The number of carbonyl (C=O) groups excluding carboxylic acids is 2. The summed E-state index contributed by atoms with van der Waals surface area (Å²) in [5.41, 5.74) is -0.174. The molecule has 0 aliphatic rings. The normalized spacial score (nSPS) is 10.1. The van der Waals surface area contributed by atoms with Crippen molar-refractivity contribution in [1.29, 1.82) is 0 Å². The third kappa shape index (κ3) is 3.82. The molecule has 0 spiro atoms. The lowest BCUT2D eigenvalue weighted by molar-refractivity contribution is -0.122. The minimum Gasteiger partial charge on any atom is -0.467 e. The van der Waals surface area contributed by atoms with E-state index in [0.717, 1.165) is 4.57 Å². The number of amides is 1. The monoisotopic (exact) mass is 290 g/mol. The fourth-order valence-electron chi connectivity index (χ4n) is 1.70. The van der Waals surface area contributed by atoms with Crippen molar-refractivity contribution >= 4 is 11.9 Å². The van der Waals surface area contributed by atoms with E-state index in [1.54, 1.807) is 12.1 Å². The first-order valence-corrected chi connectivity index (χ1v) is 6.18. The Morgan fingerprint density at radius 1 is 1.33 bits per heavy atom. The first-order chi connectivity index (χ1) is 10.1. The van der Waals surface area contributed by atoms with Gasteiger partial charge in [-0.3, -0.25) is 9.59 Å². The van der Waals surface area contributed by atoms with Gasteiger partial charge in [-0.1, -0.05) is 0 Å². The van der Waals surface area contributed by atoms with Gasteiger partial charge in [-0.2, -0.15) is 0 Å². The molecular formula is C14H14N2O5. The number of rotatable bonds is 5. The Hall–Kier alpha value is -2.83. The Morgan fingerprint density at radius 2 is 2.14 bits per heavy atom. The van der Waals surface area contributed by atoms with Crippen molar-refractivity contribution in [2.45, 2.75) is 13.1 Å². The van der Waals surface area contributed by atoms with E-state index in [4.69, 9.17) is 4.42 Å². The highest BCUT2D eigenvalue weighted by atomic mass is 16.5. The number of furan rings is 1. The van der Waals surface area contributed by atoms with Gasteiger partial charge in [-0.25, -0.2) is 4.79 Å². The van der Waals surface area contributed by atoms with E-state index in [-0.39, 0.29) is 30.1 Å². The molecule has 2 heterocycles. The van der Waals surface area contributed by atoms with Crippen LogP contribution in [0.25, 0.3) is 0 Å². The van der Waals surface area contributed by atoms with Crippen LogP contribution in [0.2, 0.25) is 0 Å². The zero-order chi connectivity index (χ0) is 15.2. The first-order valence-electron chi connectivity index (χ1n) is 6.18. The summed E-state index contributed by atoms with van der Waals surface area (Å²) < 4.78 is 10.8. The molecular weight excluding hydrogens is 276 g/mol. The third-order valence-corrected chi connectivity index (χ3v) is 2.76. The van der Waals surface area contributed by atoms with Gasteiger partial charge in [-0.15, -0.1) is 0 Å². The van der Waals surface area contributed by atoms with Gasteiger partial charge >= 0.3 is 5.97 Å². The third-order valence-electron chi connectivity index (χ3n) is 2.76. The van der Waals surface area contributed by atoms with E-state index in [2.05, 4.69) is 10.1 Å². The Bertz CT molecular complexity index is 688. The Kier molecular flexibility index (Phi) is 4.55. The molecule has 2 aromatic rings. The first kappa shape index (κ1) is 14.6. The SMILES string of the molecule is COC(=O)c1ccc(=O)n(CC(=O)NCc2ccco2)c1. The van der Waals surface area contributed by atoms with E-state index in [1.165, 1.54) is 31.7 Å². The summed E-state index contributed by atoms with van der Waals surface area (Å²) in [6.45, 7) is 0.0433. The van der Waals surface area contributed by atoms with Crippen LogP contribution in [-0.4, -0.2) is 23.6 Å². The smallest absolute Gasteiger partial charge is 0.339 e. The van der Waals surface area contributed by atoms with Gasteiger partial charge in [0.2, 0.25) is 5.91 Å². The lowest BCUT2D eigenvalue weighted by Gasteiger charge is -2.07. The van der Waals surface area contributed by atoms with Crippen LogP contribution < -0.4 is 10.9 Å². The van der Waals surface area contributed by atoms with Gasteiger partial charge in [-0.05, 0) is 18.2 Å². The number of methoxy groups -OCH3 is 1. The summed E-state index contributed by atoms with van der Waals surface area (Å²) >= 11 is 0. The van der Waals surface area contributed by atoms with E-state index >= 15 is 0 Å². The van der Waals surface area contributed by atoms with E-state index in [0.29, 0.717) is 5.76 Å². The highest BCUT2D eigenvalue weighted by Gasteiger charge is 2.10. The molecule has 0 fully saturated rings. The summed E-state index contributed by atoms with van der Waals surface area (Å²) in [5.74, 6) is -0.325. The molecule has 1 amide bonds. The van der Waals surface area contributed by atoms with Crippen LogP contribution in [0.3, 0.4) is 0 Å². The van der Waals surface area contributed by atoms with Crippen molar-refractivity contribution < 1.29 is 18.7 Å². The van der Waals surface area contributed by atoms with Gasteiger partial charge < -0.3 is 19.0 Å². The minimum atomic E-state index is -0.570. The number of aromatic nitrogens is 1. The maximum Gasteiger partial charge on any atom is 0.339 e. The minimum absolute atomic E-state index is 0.190. The Morgan fingerprint density at radius 3 is 2.81 bits per heavy atom. The van der Waals surface area contributed by atoms with Crippen LogP contribution in [-0.2, 0) is 22.6 Å². The fraction of sp³-hybridized carbons (Fsp3) is 0.214. The number of nitrogens with zero attached hydrogens (tertiary/aromatic N) is 1. The molecule has 7 nitrogen and oxygen atoms in total. The second-order valence-electron chi connectivity index (χ2n) is 4.23. The van der Waals surface area contributed by atoms with Crippen LogP contribution in [0.5, 0.6) is 0 Å². The molecule has 2 rings (SSSR count). The van der Waals surface area contributed by atoms with Crippen molar-refractivity contribution in [3.63, 3.8) is 0 Å². The summed E-state index contributed by atoms with van der Waals surface area (Å²) in [7, 11) is 1.24. The van der Waals surface area contributed by atoms with E-state index in [9.17, 15) is 14.4 Å². The summed E-state index contributed by atoms with van der Waals surface area (Å²) in [5, 5.41) is 2.61. The average molecular weight is 290 g/mol. The lowest BCUT2D eigenvalue weighted by Crippen LogP contribution is -2.31. The molecule has 0 aromatic carbocycles. The second-order valence-corrected chi connectivity index (χ2v) is 4.23. The van der Waals surface area contributed by atoms with Crippen molar-refractivity contribution in [3.8, 4) is 0 Å². The molecule has 0 radical (unpaired) electrons. The molecule has 1 N–H and O–H groups in total. The van der Waals surface area contributed by atoms with Gasteiger partial charge in [0.1, 0.15) is 12.3 Å². The van der Waals surface area contributed by atoms with Crippen LogP contribution >= 0.6 is 0 Å². The molecule has 0 unspecified atom stereocenters.